The van der Waals surface area contributed by atoms with Crippen molar-refractivity contribution in [2.45, 2.75) is 30.7 Å². The highest BCUT2D eigenvalue weighted by Gasteiger charge is 2.34. The number of fused-ring (bicyclic) bond motifs is 1. The number of allylic oxidation sites excluding steroid dienone is 1. The Balaban J connectivity index is 1.23. The second-order valence-corrected chi connectivity index (χ2v) is 9.43. The molecule has 0 aliphatic carbocycles. The molecule has 0 saturated carbocycles. The molecule has 0 spiro atoms. The predicted molar refractivity (Wildman–Crippen MR) is 129 cm³/mol. The van der Waals surface area contributed by atoms with Gasteiger partial charge in [0.1, 0.15) is 11.4 Å². The van der Waals surface area contributed by atoms with Gasteiger partial charge in [-0.25, -0.2) is 4.98 Å². The van der Waals surface area contributed by atoms with E-state index in [0.29, 0.717) is 17.9 Å². The highest BCUT2D eigenvalue weighted by molar-refractivity contribution is 8.18. The second-order valence-electron chi connectivity index (χ2n) is 7.32. The summed E-state index contributed by atoms with van der Waals surface area (Å²) in [5.41, 5.74) is 2.03. The van der Waals surface area contributed by atoms with E-state index in [1.165, 1.54) is 4.90 Å². The van der Waals surface area contributed by atoms with Crippen LogP contribution in [0.25, 0.3) is 5.65 Å². The lowest BCUT2D eigenvalue weighted by molar-refractivity contribution is -0.122. The van der Waals surface area contributed by atoms with Gasteiger partial charge in [0.25, 0.3) is 11.1 Å². The Labute approximate surface area is 196 Å². The Hall–Kier alpha value is -2.71. The van der Waals surface area contributed by atoms with Crippen molar-refractivity contribution < 1.29 is 14.3 Å². The SMILES string of the molecule is COc1ccccc1CCC=C1SC(=O)N(CCCCSc2cccc3nccn23)C1=O. The van der Waals surface area contributed by atoms with E-state index in [2.05, 4.69) is 15.5 Å². The number of ether oxygens (including phenoxy) is 1. The van der Waals surface area contributed by atoms with Crippen LogP contribution in [0.3, 0.4) is 0 Å². The second kappa shape index (κ2) is 10.7. The maximum Gasteiger partial charge on any atom is 0.293 e. The van der Waals surface area contributed by atoms with Crippen LogP contribution < -0.4 is 4.74 Å². The molecule has 1 fully saturated rings. The van der Waals surface area contributed by atoms with Crippen LogP contribution in [0.15, 0.2) is 70.9 Å². The van der Waals surface area contributed by atoms with Gasteiger partial charge < -0.3 is 4.74 Å². The van der Waals surface area contributed by atoms with Gasteiger partial charge in [0, 0.05) is 18.9 Å². The number of unbranched alkanes of at least 4 members (excludes halogenated alkanes) is 1. The highest BCUT2D eigenvalue weighted by atomic mass is 32.2. The van der Waals surface area contributed by atoms with Gasteiger partial charge in [0.15, 0.2) is 0 Å². The van der Waals surface area contributed by atoms with E-state index in [4.69, 9.17) is 4.74 Å². The molecule has 8 heteroatoms. The third kappa shape index (κ3) is 5.19. The number of carbonyl (C=O) groups excluding carboxylic acids is 2. The Kier molecular flexibility index (Phi) is 7.55. The van der Waals surface area contributed by atoms with E-state index < -0.39 is 0 Å². The van der Waals surface area contributed by atoms with Crippen LogP contribution >= 0.6 is 23.5 Å². The molecule has 166 valence electrons. The average molecular weight is 468 g/mol. The van der Waals surface area contributed by atoms with Crippen LogP contribution in [-0.4, -0.2) is 44.8 Å². The number of pyridine rings is 1. The van der Waals surface area contributed by atoms with Crippen LogP contribution in [0.4, 0.5) is 4.79 Å². The van der Waals surface area contributed by atoms with E-state index >= 15 is 0 Å². The minimum absolute atomic E-state index is 0.170. The van der Waals surface area contributed by atoms with Crippen molar-refractivity contribution in [2.75, 3.05) is 19.4 Å². The molecular weight excluding hydrogens is 442 g/mol. The summed E-state index contributed by atoms with van der Waals surface area (Å²) in [5, 5.41) is 0.971. The summed E-state index contributed by atoms with van der Waals surface area (Å²) in [6.07, 6.45) is 8.78. The van der Waals surface area contributed by atoms with Crippen LogP contribution in [0.5, 0.6) is 5.75 Å². The number of rotatable bonds is 10. The Morgan fingerprint density at radius 1 is 1.12 bits per heavy atom. The number of hydrogen-bond donors (Lipinski definition) is 0. The van der Waals surface area contributed by atoms with E-state index in [9.17, 15) is 9.59 Å². The zero-order valence-electron chi connectivity index (χ0n) is 17.9. The third-order valence-electron chi connectivity index (χ3n) is 5.23. The summed E-state index contributed by atoms with van der Waals surface area (Å²) < 4.78 is 7.44. The molecule has 1 saturated heterocycles. The summed E-state index contributed by atoms with van der Waals surface area (Å²) in [6.45, 7) is 0.463. The fraction of sp³-hybridized carbons (Fsp3) is 0.292. The Morgan fingerprint density at radius 3 is 2.88 bits per heavy atom. The third-order valence-corrected chi connectivity index (χ3v) is 7.30. The van der Waals surface area contributed by atoms with E-state index in [1.807, 2.05) is 48.7 Å². The zero-order chi connectivity index (χ0) is 22.3. The van der Waals surface area contributed by atoms with Crippen LogP contribution in [0.2, 0.25) is 0 Å². The van der Waals surface area contributed by atoms with Gasteiger partial charge in [-0.1, -0.05) is 30.3 Å². The molecule has 1 aliphatic heterocycles. The molecule has 2 amide bonds. The van der Waals surface area contributed by atoms with Crippen molar-refractivity contribution in [2.24, 2.45) is 0 Å². The van der Waals surface area contributed by atoms with Crippen molar-refractivity contribution >= 4 is 40.3 Å². The number of imide groups is 1. The molecule has 0 N–H and O–H groups in total. The first-order valence-electron chi connectivity index (χ1n) is 10.6. The molecule has 3 aromatic rings. The average Bonchev–Trinajstić information content (AvgIpc) is 3.39. The fourth-order valence-electron chi connectivity index (χ4n) is 3.59. The lowest BCUT2D eigenvalue weighted by Gasteiger charge is -2.12. The summed E-state index contributed by atoms with van der Waals surface area (Å²) in [5.74, 6) is 1.59. The van der Waals surface area contributed by atoms with Crippen LogP contribution in [0, 0.1) is 0 Å². The molecule has 0 unspecified atom stereocenters. The number of para-hydroxylation sites is 1. The van der Waals surface area contributed by atoms with Gasteiger partial charge in [-0.2, -0.15) is 0 Å². The minimum Gasteiger partial charge on any atom is -0.496 e. The van der Waals surface area contributed by atoms with E-state index in [0.717, 1.165) is 58.8 Å². The number of amides is 2. The smallest absolute Gasteiger partial charge is 0.293 e. The van der Waals surface area contributed by atoms with Crippen LogP contribution in [-0.2, 0) is 11.2 Å². The standard InChI is InChI=1S/C24H25N3O3S2/c1-30-19-10-3-2-8-18(19)9-6-11-20-23(28)27(24(29)32-20)15-4-5-17-31-22-13-7-12-21-25-14-16-26(21)22/h2-3,7-8,10-14,16H,4-6,9,15,17H2,1H3. The largest absolute Gasteiger partial charge is 0.496 e. The number of hydrogen-bond acceptors (Lipinski definition) is 6. The number of aryl methyl sites for hydroxylation is 1. The van der Waals surface area contributed by atoms with Gasteiger partial charge >= 0.3 is 0 Å². The van der Waals surface area contributed by atoms with E-state index in [1.54, 1.807) is 25.1 Å². The van der Waals surface area contributed by atoms with Gasteiger partial charge in [-0.05, 0) is 67.0 Å². The fourth-order valence-corrected chi connectivity index (χ4v) is 5.48. The minimum atomic E-state index is -0.172. The molecule has 4 rings (SSSR count). The van der Waals surface area contributed by atoms with Crippen molar-refractivity contribution in [1.29, 1.82) is 0 Å². The monoisotopic (exact) mass is 467 g/mol. The van der Waals surface area contributed by atoms with Gasteiger partial charge in [-0.15, -0.1) is 11.8 Å². The number of thioether (sulfide) groups is 2. The van der Waals surface area contributed by atoms with Crippen molar-refractivity contribution in [3.63, 3.8) is 0 Å². The molecule has 3 heterocycles. The van der Waals surface area contributed by atoms with Crippen molar-refractivity contribution in [3.05, 3.63) is 71.4 Å². The van der Waals surface area contributed by atoms with Gasteiger partial charge in [0.2, 0.25) is 0 Å². The first-order valence-corrected chi connectivity index (χ1v) is 12.4. The van der Waals surface area contributed by atoms with Crippen molar-refractivity contribution in [3.8, 4) is 5.75 Å². The number of methoxy groups -OCH3 is 1. The maximum absolute atomic E-state index is 12.7. The van der Waals surface area contributed by atoms with Crippen molar-refractivity contribution in [1.82, 2.24) is 14.3 Å². The first kappa shape index (κ1) is 22.5. The molecule has 32 heavy (non-hydrogen) atoms. The molecule has 6 nitrogen and oxygen atoms in total. The number of imidazole rings is 1. The summed E-state index contributed by atoms with van der Waals surface area (Å²) in [6, 6.07) is 13.9. The lowest BCUT2D eigenvalue weighted by Crippen LogP contribution is -2.29. The van der Waals surface area contributed by atoms with Crippen LogP contribution in [0.1, 0.15) is 24.8 Å². The number of nitrogens with zero attached hydrogens (tertiary/aromatic N) is 3. The lowest BCUT2D eigenvalue weighted by atomic mass is 10.1. The molecule has 2 aromatic heterocycles. The van der Waals surface area contributed by atoms with Gasteiger partial charge in [0.05, 0.1) is 17.0 Å². The maximum atomic E-state index is 12.7. The summed E-state index contributed by atoms with van der Waals surface area (Å²) >= 11 is 2.80. The summed E-state index contributed by atoms with van der Waals surface area (Å²) in [4.78, 5) is 31.2. The number of aromatic nitrogens is 2. The number of benzene rings is 1. The normalized spacial score (nSPS) is 15.3. The quantitative estimate of drug-likeness (QED) is 0.225. The highest BCUT2D eigenvalue weighted by Crippen LogP contribution is 2.32. The Morgan fingerprint density at radius 2 is 2.00 bits per heavy atom. The van der Waals surface area contributed by atoms with Gasteiger partial charge in [-0.3, -0.25) is 18.9 Å². The predicted octanol–water partition coefficient (Wildman–Crippen LogP) is 5.43. The summed E-state index contributed by atoms with van der Waals surface area (Å²) in [7, 11) is 1.65. The topological polar surface area (TPSA) is 63.9 Å². The molecule has 0 bridgehead atoms. The first-order chi connectivity index (χ1) is 15.7. The number of carbonyl (C=O) groups is 2. The molecule has 1 aliphatic rings. The Bertz CT molecular complexity index is 1140. The van der Waals surface area contributed by atoms with E-state index in [-0.39, 0.29) is 11.1 Å². The molecular formula is C24H25N3O3S2. The molecule has 1 aromatic carbocycles. The molecule has 0 radical (unpaired) electrons. The zero-order valence-corrected chi connectivity index (χ0v) is 19.5. The molecule has 0 atom stereocenters.